The smallest absolute Gasteiger partial charge is 0.338 e. The Hall–Kier alpha value is -3.59. The number of esters is 1. The first kappa shape index (κ1) is 26.0. The number of carbonyl (C=O) groups is 1. The number of halogens is 1. The molecule has 0 amide bonds. The highest BCUT2D eigenvalue weighted by Crippen LogP contribution is 2.35. The van der Waals surface area contributed by atoms with Crippen LogP contribution in [0, 0.1) is 0 Å². The van der Waals surface area contributed by atoms with Gasteiger partial charge in [-0.3, -0.25) is 9.36 Å². The van der Waals surface area contributed by atoms with E-state index in [0.717, 1.165) is 16.0 Å². The van der Waals surface area contributed by atoms with Crippen LogP contribution >= 0.6 is 34.7 Å². The summed E-state index contributed by atoms with van der Waals surface area (Å²) in [5, 5.41) is 10.8. The molecule has 1 aromatic heterocycles. The average Bonchev–Trinajstić information content (AvgIpc) is 3.25. The van der Waals surface area contributed by atoms with Crippen molar-refractivity contribution in [2.75, 3.05) is 12.9 Å². The Morgan fingerprint density at radius 3 is 2.58 bits per heavy atom. The zero-order valence-corrected chi connectivity index (χ0v) is 22.9. The minimum Gasteiger partial charge on any atom is -0.507 e. The molecule has 5 rings (SSSR count). The summed E-state index contributed by atoms with van der Waals surface area (Å²) in [6.07, 6.45) is 3.58. The molecule has 0 unspecified atom stereocenters. The van der Waals surface area contributed by atoms with E-state index in [-0.39, 0.29) is 17.9 Å². The minimum absolute atomic E-state index is 0.00151. The summed E-state index contributed by atoms with van der Waals surface area (Å²) in [5.41, 5.74) is 2.33. The molecular formula is C29H23ClN2O4S2. The van der Waals surface area contributed by atoms with Gasteiger partial charge in [-0.2, -0.15) is 0 Å². The number of fused-ring (bicyclic) bond motifs is 1. The van der Waals surface area contributed by atoms with E-state index < -0.39 is 12.0 Å². The lowest BCUT2D eigenvalue weighted by Crippen LogP contribution is -2.40. The van der Waals surface area contributed by atoms with Crippen molar-refractivity contribution in [1.29, 1.82) is 0 Å². The number of hydrogen-bond donors (Lipinski definition) is 1. The van der Waals surface area contributed by atoms with Crippen molar-refractivity contribution in [3.63, 3.8) is 0 Å². The largest absolute Gasteiger partial charge is 0.507 e. The van der Waals surface area contributed by atoms with E-state index in [4.69, 9.17) is 21.3 Å². The Kier molecular flexibility index (Phi) is 7.56. The van der Waals surface area contributed by atoms with E-state index in [1.807, 2.05) is 60.9 Å². The number of benzene rings is 3. The van der Waals surface area contributed by atoms with Gasteiger partial charge in [-0.05, 0) is 55.2 Å². The van der Waals surface area contributed by atoms with Gasteiger partial charge in [0.15, 0.2) is 4.80 Å². The molecule has 4 aromatic rings. The summed E-state index contributed by atoms with van der Waals surface area (Å²) >= 11 is 8.92. The molecule has 0 saturated heterocycles. The van der Waals surface area contributed by atoms with Crippen LogP contribution in [-0.2, 0) is 9.53 Å². The Morgan fingerprint density at radius 1 is 1.16 bits per heavy atom. The van der Waals surface area contributed by atoms with E-state index >= 15 is 0 Å². The quantitative estimate of drug-likeness (QED) is 0.264. The zero-order valence-electron chi connectivity index (χ0n) is 20.6. The third-order valence-corrected chi connectivity index (χ3v) is 8.04. The molecule has 0 aliphatic carbocycles. The lowest BCUT2D eigenvalue weighted by Gasteiger charge is -2.26. The summed E-state index contributed by atoms with van der Waals surface area (Å²) < 4.78 is 7.37. The molecule has 0 saturated carbocycles. The number of phenols is 1. The Labute approximate surface area is 232 Å². The van der Waals surface area contributed by atoms with Gasteiger partial charge in [0.25, 0.3) is 5.56 Å². The Balaban J connectivity index is 1.83. The number of carbonyl (C=O) groups excluding carboxylic acids is 1. The van der Waals surface area contributed by atoms with Gasteiger partial charge in [0.05, 0.1) is 28.5 Å². The van der Waals surface area contributed by atoms with E-state index in [0.29, 0.717) is 31.2 Å². The highest BCUT2D eigenvalue weighted by atomic mass is 35.5. The van der Waals surface area contributed by atoms with Crippen LogP contribution in [0.2, 0.25) is 5.02 Å². The summed E-state index contributed by atoms with van der Waals surface area (Å²) in [4.78, 5) is 33.7. The summed E-state index contributed by atoms with van der Waals surface area (Å²) in [5.74, 6) is -0.530. The molecule has 0 radical (unpaired) electrons. The first-order chi connectivity index (χ1) is 18.4. The molecule has 6 nitrogen and oxygen atoms in total. The lowest BCUT2D eigenvalue weighted by atomic mass is 9.93. The molecule has 1 atom stereocenters. The van der Waals surface area contributed by atoms with Crippen molar-refractivity contribution >= 4 is 52.4 Å². The lowest BCUT2D eigenvalue weighted by molar-refractivity contribution is -0.138. The fourth-order valence-corrected chi connectivity index (χ4v) is 5.90. The zero-order chi connectivity index (χ0) is 26.8. The van der Waals surface area contributed by atoms with Gasteiger partial charge in [0.1, 0.15) is 5.75 Å². The fraction of sp³-hybridized carbons (Fsp3) is 0.138. The van der Waals surface area contributed by atoms with Gasteiger partial charge in [-0.15, -0.1) is 11.8 Å². The third kappa shape index (κ3) is 4.95. The molecule has 0 fully saturated rings. The molecule has 0 spiro atoms. The van der Waals surface area contributed by atoms with Crippen LogP contribution in [0.5, 0.6) is 5.75 Å². The van der Waals surface area contributed by atoms with Crippen LogP contribution in [0.1, 0.15) is 29.7 Å². The first-order valence-corrected chi connectivity index (χ1v) is 14.2. The standard InChI is InChI=1S/C29H23ClN2O4S2/c1-3-36-28(35)24-25(17-7-5-4-6-8-17)31-29-32(26(24)18-9-12-21(37-2)13-10-18)27(34)23(38-29)16-19-15-20(30)11-14-22(19)33/h4-16,26,33H,3H2,1-2H3/b23-16-/t26-/m1/s1. The topological polar surface area (TPSA) is 80.9 Å². The second kappa shape index (κ2) is 11.0. The minimum atomic E-state index is -0.758. The van der Waals surface area contributed by atoms with Crippen molar-refractivity contribution < 1.29 is 14.6 Å². The number of aromatic hydroxyl groups is 1. The Bertz CT molecular complexity index is 1730. The molecule has 2 heterocycles. The molecule has 1 aliphatic heterocycles. The fourth-order valence-electron chi connectivity index (χ4n) is 4.32. The van der Waals surface area contributed by atoms with E-state index in [1.165, 1.54) is 22.0 Å². The highest BCUT2D eigenvalue weighted by molar-refractivity contribution is 7.98. The van der Waals surface area contributed by atoms with Crippen molar-refractivity contribution in [2.45, 2.75) is 17.9 Å². The number of aromatic nitrogens is 1. The summed E-state index contributed by atoms with van der Waals surface area (Å²) in [6, 6.07) is 21.1. The number of thioether (sulfide) groups is 1. The van der Waals surface area contributed by atoms with Crippen LogP contribution < -0.4 is 14.9 Å². The number of thiazole rings is 1. The second-order valence-corrected chi connectivity index (χ2v) is 10.7. The molecule has 3 aromatic carbocycles. The van der Waals surface area contributed by atoms with Crippen LogP contribution in [0.4, 0.5) is 0 Å². The second-order valence-electron chi connectivity index (χ2n) is 8.41. The van der Waals surface area contributed by atoms with E-state index in [9.17, 15) is 14.7 Å². The molecular weight excluding hydrogens is 540 g/mol. The monoisotopic (exact) mass is 562 g/mol. The normalized spacial score (nSPS) is 15.2. The van der Waals surface area contributed by atoms with Crippen LogP contribution in [0.25, 0.3) is 11.8 Å². The maximum absolute atomic E-state index is 13.9. The molecule has 0 bridgehead atoms. The maximum Gasteiger partial charge on any atom is 0.338 e. The van der Waals surface area contributed by atoms with Crippen molar-refractivity contribution in [2.24, 2.45) is 4.99 Å². The van der Waals surface area contributed by atoms with Gasteiger partial charge < -0.3 is 9.84 Å². The van der Waals surface area contributed by atoms with Crippen molar-refractivity contribution in [3.8, 4) is 5.75 Å². The summed E-state index contributed by atoms with van der Waals surface area (Å²) in [7, 11) is 0. The average molecular weight is 563 g/mol. The molecule has 38 heavy (non-hydrogen) atoms. The van der Waals surface area contributed by atoms with E-state index in [1.54, 1.807) is 36.9 Å². The van der Waals surface area contributed by atoms with Crippen LogP contribution in [0.3, 0.4) is 0 Å². The van der Waals surface area contributed by atoms with Gasteiger partial charge in [-0.25, -0.2) is 9.79 Å². The maximum atomic E-state index is 13.9. The number of nitrogens with zero attached hydrogens (tertiary/aromatic N) is 2. The summed E-state index contributed by atoms with van der Waals surface area (Å²) in [6.45, 7) is 1.93. The SMILES string of the molecule is CCOC(=O)C1=C(c2ccccc2)N=c2s/c(=C\c3cc(Cl)ccc3O)c(=O)n2[C@@H]1c1ccc(SC)cc1. The van der Waals surface area contributed by atoms with Gasteiger partial charge in [-0.1, -0.05) is 65.4 Å². The number of ether oxygens (including phenoxy) is 1. The molecule has 1 aliphatic rings. The highest BCUT2D eigenvalue weighted by Gasteiger charge is 2.35. The number of rotatable bonds is 6. The van der Waals surface area contributed by atoms with E-state index in [2.05, 4.69) is 0 Å². The van der Waals surface area contributed by atoms with Crippen LogP contribution in [-0.4, -0.2) is 28.5 Å². The first-order valence-electron chi connectivity index (χ1n) is 11.8. The van der Waals surface area contributed by atoms with Crippen molar-refractivity contribution in [3.05, 3.63) is 120 Å². The Morgan fingerprint density at radius 2 is 1.89 bits per heavy atom. The molecule has 1 N–H and O–H groups in total. The number of phenolic OH excluding ortho intramolecular Hbond substituents is 1. The van der Waals surface area contributed by atoms with Crippen molar-refractivity contribution in [1.82, 2.24) is 4.57 Å². The predicted octanol–water partition coefficient (Wildman–Crippen LogP) is 5.02. The van der Waals surface area contributed by atoms with Crippen LogP contribution in [0.15, 0.2) is 93.1 Å². The van der Waals surface area contributed by atoms with Gasteiger partial charge in [0.2, 0.25) is 0 Å². The van der Waals surface area contributed by atoms with Gasteiger partial charge >= 0.3 is 5.97 Å². The molecule has 9 heteroatoms. The molecule has 192 valence electrons. The third-order valence-electron chi connectivity index (χ3n) is 6.08. The predicted molar refractivity (Wildman–Crippen MR) is 152 cm³/mol. The van der Waals surface area contributed by atoms with Gasteiger partial charge in [0, 0.05) is 21.0 Å². The number of hydrogen-bond acceptors (Lipinski definition) is 7.